The Morgan fingerprint density at radius 3 is 2.31 bits per heavy atom. The molecule has 0 unspecified atom stereocenters. The SMILES string of the molecule is Nc1cccc(-c2cccc(CCO)c2)c1. The molecule has 2 aromatic carbocycles. The molecule has 82 valence electrons. The molecule has 0 saturated heterocycles. The summed E-state index contributed by atoms with van der Waals surface area (Å²) in [6.45, 7) is 0.181. The summed E-state index contributed by atoms with van der Waals surface area (Å²) in [5, 5.41) is 8.91. The molecule has 0 amide bonds. The van der Waals surface area contributed by atoms with Crippen molar-refractivity contribution < 1.29 is 5.11 Å². The lowest BCUT2D eigenvalue weighted by atomic mass is 10.0. The van der Waals surface area contributed by atoms with Crippen LogP contribution in [-0.2, 0) is 6.42 Å². The highest BCUT2D eigenvalue weighted by molar-refractivity contribution is 5.67. The largest absolute Gasteiger partial charge is 0.399 e. The molecule has 0 bridgehead atoms. The topological polar surface area (TPSA) is 46.2 Å². The molecule has 0 aromatic heterocycles. The zero-order valence-electron chi connectivity index (χ0n) is 9.06. The number of hydrogen-bond donors (Lipinski definition) is 2. The van der Waals surface area contributed by atoms with E-state index in [2.05, 4.69) is 12.1 Å². The smallest absolute Gasteiger partial charge is 0.0471 e. The number of aliphatic hydroxyl groups is 1. The van der Waals surface area contributed by atoms with E-state index in [4.69, 9.17) is 10.8 Å². The molecule has 0 saturated carbocycles. The van der Waals surface area contributed by atoms with Gasteiger partial charge in [0.25, 0.3) is 0 Å². The summed E-state index contributed by atoms with van der Waals surface area (Å²) < 4.78 is 0. The molecule has 0 spiro atoms. The van der Waals surface area contributed by atoms with E-state index in [1.807, 2.05) is 36.4 Å². The molecule has 0 radical (unpaired) electrons. The van der Waals surface area contributed by atoms with Crippen LogP contribution in [0.25, 0.3) is 11.1 Å². The summed E-state index contributed by atoms with van der Waals surface area (Å²) in [5.74, 6) is 0. The highest BCUT2D eigenvalue weighted by Crippen LogP contribution is 2.22. The molecule has 16 heavy (non-hydrogen) atoms. The van der Waals surface area contributed by atoms with E-state index in [0.717, 1.165) is 22.4 Å². The van der Waals surface area contributed by atoms with Gasteiger partial charge in [0.1, 0.15) is 0 Å². The van der Waals surface area contributed by atoms with Crippen LogP contribution in [0, 0.1) is 0 Å². The molecule has 0 heterocycles. The Bertz CT molecular complexity index is 480. The van der Waals surface area contributed by atoms with Crippen molar-refractivity contribution in [3.8, 4) is 11.1 Å². The lowest BCUT2D eigenvalue weighted by molar-refractivity contribution is 0.299. The van der Waals surface area contributed by atoms with Gasteiger partial charge in [-0.25, -0.2) is 0 Å². The quantitative estimate of drug-likeness (QED) is 0.769. The van der Waals surface area contributed by atoms with Gasteiger partial charge in [-0.1, -0.05) is 36.4 Å². The molecular formula is C14H15NO. The third-order valence-corrected chi connectivity index (χ3v) is 2.55. The fraction of sp³-hybridized carbons (Fsp3) is 0.143. The lowest BCUT2D eigenvalue weighted by Gasteiger charge is -2.05. The lowest BCUT2D eigenvalue weighted by Crippen LogP contribution is -1.91. The van der Waals surface area contributed by atoms with Gasteiger partial charge in [-0.15, -0.1) is 0 Å². The Morgan fingerprint density at radius 2 is 1.62 bits per heavy atom. The van der Waals surface area contributed by atoms with Gasteiger partial charge in [0.05, 0.1) is 0 Å². The fourth-order valence-corrected chi connectivity index (χ4v) is 1.75. The van der Waals surface area contributed by atoms with Gasteiger partial charge in [-0.3, -0.25) is 0 Å². The summed E-state index contributed by atoms with van der Waals surface area (Å²) in [6, 6.07) is 16.0. The second-order valence-corrected chi connectivity index (χ2v) is 3.80. The third-order valence-electron chi connectivity index (χ3n) is 2.55. The molecule has 2 heteroatoms. The minimum Gasteiger partial charge on any atom is -0.399 e. The van der Waals surface area contributed by atoms with Crippen LogP contribution in [0.1, 0.15) is 5.56 Å². The minimum absolute atomic E-state index is 0.181. The zero-order chi connectivity index (χ0) is 11.4. The van der Waals surface area contributed by atoms with E-state index in [-0.39, 0.29) is 6.61 Å². The Labute approximate surface area is 95.4 Å². The maximum Gasteiger partial charge on any atom is 0.0471 e. The molecule has 3 N–H and O–H groups in total. The van der Waals surface area contributed by atoms with Gasteiger partial charge in [0, 0.05) is 12.3 Å². The van der Waals surface area contributed by atoms with Crippen LogP contribution in [0.3, 0.4) is 0 Å². The molecule has 0 fully saturated rings. The van der Waals surface area contributed by atoms with Crippen molar-refractivity contribution in [2.45, 2.75) is 6.42 Å². The van der Waals surface area contributed by atoms with Crippen LogP contribution >= 0.6 is 0 Å². The number of nitrogens with two attached hydrogens (primary N) is 1. The summed E-state index contributed by atoms with van der Waals surface area (Å²) >= 11 is 0. The zero-order valence-corrected chi connectivity index (χ0v) is 9.06. The van der Waals surface area contributed by atoms with Gasteiger partial charge in [-0.05, 0) is 35.2 Å². The average molecular weight is 213 g/mol. The third kappa shape index (κ3) is 2.41. The minimum atomic E-state index is 0.181. The van der Waals surface area contributed by atoms with Crippen LogP contribution in [0.15, 0.2) is 48.5 Å². The predicted molar refractivity (Wildman–Crippen MR) is 67.1 cm³/mol. The molecule has 0 atom stereocenters. The average Bonchev–Trinajstić information content (AvgIpc) is 2.30. The molecule has 0 aliphatic carbocycles. The second-order valence-electron chi connectivity index (χ2n) is 3.80. The van der Waals surface area contributed by atoms with E-state index in [1.165, 1.54) is 0 Å². The summed E-state index contributed by atoms with van der Waals surface area (Å²) in [4.78, 5) is 0. The van der Waals surface area contributed by atoms with Crippen molar-refractivity contribution in [1.82, 2.24) is 0 Å². The van der Waals surface area contributed by atoms with E-state index < -0.39 is 0 Å². The van der Waals surface area contributed by atoms with Crippen molar-refractivity contribution in [2.75, 3.05) is 12.3 Å². The Kier molecular flexibility index (Phi) is 3.22. The van der Waals surface area contributed by atoms with E-state index in [0.29, 0.717) is 6.42 Å². The summed E-state index contributed by atoms with van der Waals surface area (Å²) in [7, 11) is 0. The predicted octanol–water partition coefficient (Wildman–Crippen LogP) is 2.47. The summed E-state index contributed by atoms with van der Waals surface area (Å²) in [6.07, 6.45) is 0.691. The molecule has 0 aliphatic heterocycles. The number of hydrogen-bond acceptors (Lipinski definition) is 2. The first-order chi connectivity index (χ1) is 7.79. The van der Waals surface area contributed by atoms with Crippen molar-refractivity contribution in [3.63, 3.8) is 0 Å². The van der Waals surface area contributed by atoms with E-state index in [9.17, 15) is 0 Å². The van der Waals surface area contributed by atoms with Crippen LogP contribution in [-0.4, -0.2) is 11.7 Å². The van der Waals surface area contributed by atoms with Crippen molar-refractivity contribution >= 4 is 5.69 Å². The molecule has 2 rings (SSSR count). The van der Waals surface area contributed by atoms with Gasteiger partial charge in [0.2, 0.25) is 0 Å². The van der Waals surface area contributed by atoms with E-state index in [1.54, 1.807) is 0 Å². The van der Waals surface area contributed by atoms with Crippen LogP contribution in [0.5, 0.6) is 0 Å². The normalized spacial score (nSPS) is 10.3. The maximum absolute atomic E-state index is 8.91. The molecule has 2 aromatic rings. The first-order valence-electron chi connectivity index (χ1n) is 5.35. The van der Waals surface area contributed by atoms with Gasteiger partial charge >= 0.3 is 0 Å². The number of anilines is 1. The molecular weight excluding hydrogens is 198 g/mol. The van der Waals surface area contributed by atoms with Crippen molar-refractivity contribution in [3.05, 3.63) is 54.1 Å². The van der Waals surface area contributed by atoms with Crippen molar-refractivity contribution in [1.29, 1.82) is 0 Å². The fourth-order valence-electron chi connectivity index (χ4n) is 1.75. The monoisotopic (exact) mass is 213 g/mol. The molecule has 0 aliphatic rings. The number of benzene rings is 2. The number of rotatable bonds is 3. The van der Waals surface area contributed by atoms with Crippen LogP contribution in [0.4, 0.5) is 5.69 Å². The molecule has 2 nitrogen and oxygen atoms in total. The Morgan fingerprint density at radius 1 is 0.938 bits per heavy atom. The number of aliphatic hydroxyl groups excluding tert-OH is 1. The Balaban J connectivity index is 2.36. The first kappa shape index (κ1) is 10.7. The van der Waals surface area contributed by atoms with Gasteiger partial charge < -0.3 is 10.8 Å². The first-order valence-corrected chi connectivity index (χ1v) is 5.35. The maximum atomic E-state index is 8.91. The summed E-state index contributed by atoms with van der Waals surface area (Å²) in [5.41, 5.74) is 9.91. The Hall–Kier alpha value is -1.80. The second kappa shape index (κ2) is 4.81. The van der Waals surface area contributed by atoms with Gasteiger partial charge in [0.15, 0.2) is 0 Å². The van der Waals surface area contributed by atoms with Crippen molar-refractivity contribution in [2.24, 2.45) is 0 Å². The van der Waals surface area contributed by atoms with Crippen LogP contribution in [0.2, 0.25) is 0 Å². The number of nitrogen functional groups attached to an aromatic ring is 1. The van der Waals surface area contributed by atoms with Crippen LogP contribution < -0.4 is 5.73 Å². The van der Waals surface area contributed by atoms with Gasteiger partial charge in [-0.2, -0.15) is 0 Å². The highest BCUT2D eigenvalue weighted by atomic mass is 16.2. The standard InChI is InChI=1S/C14H15NO/c15-14-6-2-5-13(10-14)12-4-1-3-11(9-12)7-8-16/h1-6,9-10,16H,7-8,15H2. The highest BCUT2D eigenvalue weighted by Gasteiger charge is 1.99. The van der Waals surface area contributed by atoms with E-state index >= 15 is 0 Å².